The molecule has 4 atom stereocenters. The molecule has 2 aliphatic carbocycles. The molecule has 0 radical (unpaired) electrons. The summed E-state index contributed by atoms with van der Waals surface area (Å²) in [6.07, 6.45) is 4.87. The van der Waals surface area contributed by atoms with Crippen LogP contribution in [-0.4, -0.2) is 22.9 Å². The number of hydrogen-bond acceptors (Lipinski definition) is 3. The minimum atomic E-state index is -1.13. The molecule has 1 saturated carbocycles. The molecule has 1 aliphatic heterocycles. The molecule has 2 amide bonds. The van der Waals surface area contributed by atoms with E-state index in [9.17, 15) is 14.4 Å². The molecule has 1 heterocycles. The molecule has 3 aliphatic rings. The molecule has 0 aromatic heterocycles. The van der Waals surface area contributed by atoms with Gasteiger partial charge >= 0.3 is 5.97 Å². The van der Waals surface area contributed by atoms with Gasteiger partial charge in [-0.15, -0.1) is 0 Å². The Morgan fingerprint density at radius 1 is 1.14 bits per heavy atom. The molecule has 1 aromatic rings. The van der Waals surface area contributed by atoms with Crippen LogP contribution in [0.1, 0.15) is 16.8 Å². The predicted octanol–water partition coefficient (Wildman–Crippen LogP) is 2.35. The first-order valence-electron chi connectivity index (χ1n) is 7.08. The Morgan fingerprint density at radius 3 is 2.27 bits per heavy atom. The van der Waals surface area contributed by atoms with E-state index in [0.717, 1.165) is 11.3 Å². The second kappa shape index (κ2) is 4.43. The molecule has 22 heavy (non-hydrogen) atoms. The van der Waals surface area contributed by atoms with Crippen molar-refractivity contribution in [3.63, 3.8) is 0 Å². The standard InChI is InChI=1S/C16H12ClNO4/c17-10-4-3-9(16(21)22)6-11(10)18-14(19)12-7-1-2-8(5-7)13(12)15(18)20/h1-4,6-8,12-13H,5H2,(H,21,22)/t7-,8-,12+,13+/m0/s1. The third-order valence-electron chi connectivity index (χ3n) is 4.90. The molecule has 4 rings (SSSR count). The van der Waals surface area contributed by atoms with E-state index in [4.69, 9.17) is 16.7 Å². The number of nitrogens with zero attached hydrogens (tertiary/aromatic N) is 1. The molecule has 1 saturated heterocycles. The van der Waals surface area contributed by atoms with E-state index in [-0.39, 0.29) is 51.8 Å². The fourth-order valence-electron chi connectivity index (χ4n) is 3.96. The normalized spacial score (nSPS) is 32.0. The monoisotopic (exact) mass is 317 g/mol. The molecule has 2 fully saturated rings. The van der Waals surface area contributed by atoms with Gasteiger partial charge in [0.15, 0.2) is 0 Å². The highest BCUT2D eigenvalue weighted by atomic mass is 35.5. The van der Waals surface area contributed by atoms with Crippen LogP contribution in [0.15, 0.2) is 30.4 Å². The summed E-state index contributed by atoms with van der Waals surface area (Å²) < 4.78 is 0. The SMILES string of the molecule is O=C(O)c1ccc(Cl)c(N2C(=O)[C@H]3[C@H](C2=O)[C@H]2C=C[C@H]3C2)c1. The van der Waals surface area contributed by atoms with Crippen molar-refractivity contribution in [2.75, 3.05) is 4.90 Å². The molecule has 5 nitrogen and oxygen atoms in total. The van der Waals surface area contributed by atoms with Gasteiger partial charge in [-0.3, -0.25) is 9.59 Å². The lowest BCUT2D eigenvalue weighted by Gasteiger charge is -2.19. The van der Waals surface area contributed by atoms with E-state index < -0.39 is 5.97 Å². The number of rotatable bonds is 2. The summed E-state index contributed by atoms with van der Waals surface area (Å²) in [7, 11) is 0. The summed E-state index contributed by atoms with van der Waals surface area (Å²) >= 11 is 6.10. The number of halogens is 1. The second-order valence-corrected chi connectivity index (χ2v) is 6.39. The summed E-state index contributed by atoms with van der Waals surface area (Å²) in [5.41, 5.74) is 0.170. The highest BCUT2D eigenvalue weighted by Crippen LogP contribution is 2.53. The first-order chi connectivity index (χ1) is 10.5. The average Bonchev–Trinajstić information content (AvgIpc) is 3.14. The maximum atomic E-state index is 12.7. The lowest BCUT2D eigenvalue weighted by atomic mass is 9.85. The first kappa shape index (κ1) is 13.5. The van der Waals surface area contributed by atoms with Gasteiger partial charge in [-0.1, -0.05) is 23.8 Å². The van der Waals surface area contributed by atoms with E-state index in [0.29, 0.717) is 0 Å². The van der Waals surface area contributed by atoms with Gasteiger partial charge in [0.25, 0.3) is 0 Å². The fraction of sp³-hybridized carbons (Fsp3) is 0.312. The smallest absolute Gasteiger partial charge is 0.335 e. The highest BCUT2D eigenvalue weighted by Gasteiger charge is 2.59. The van der Waals surface area contributed by atoms with Gasteiger partial charge in [-0.05, 0) is 36.5 Å². The lowest BCUT2D eigenvalue weighted by Crippen LogP contribution is -2.33. The van der Waals surface area contributed by atoms with E-state index in [2.05, 4.69) is 0 Å². The number of imide groups is 1. The van der Waals surface area contributed by atoms with Crippen LogP contribution >= 0.6 is 11.6 Å². The van der Waals surface area contributed by atoms with E-state index in [1.165, 1.54) is 18.2 Å². The van der Waals surface area contributed by atoms with Gasteiger partial charge in [-0.2, -0.15) is 0 Å². The van der Waals surface area contributed by atoms with Crippen LogP contribution in [0.4, 0.5) is 5.69 Å². The third kappa shape index (κ3) is 1.63. The van der Waals surface area contributed by atoms with Crippen LogP contribution in [0.5, 0.6) is 0 Å². The number of carbonyl (C=O) groups is 3. The van der Waals surface area contributed by atoms with Crippen molar-refractivity contribution < 1.29 is 19.5 Å². The van der Waals surface area contributed by atoms with E-state index >= 15 is 0 Å². The Labute approximate surface area is 131 Å². The van der Waals surface area contributed by atoms with Crippen molar-refractivity contribution >= 4 is 35.1 Å². The number of aromatic carboxylic acids is 1. The Kier molecular flexibility index (Phi) is 2.72. The number of anilines is 1. The van der Waals surface area contributed by atoms with Crippen LogP contribution in [-0.2, 0) is 9.59 Å². The molecular weight excluding hydrogens is 306 g/mol. The maximum Gasteiger partial charge on any atom is 0.335 e. The summed E-state index contributed by atoms with van der Waals surface area (Å²) in [5.74, 6) is -2.10. The molecule has 1 aromatic carbocycles. The third-order valence-corrected chi connectivity index (χ3v) is 5.22. The Morgan fingerprint density at radius 2 is 1.73 bits per heavy atom. The van der Waals surface area contributed by atoms with Crippen LogP contribution in [0.2, 0.25) is 5.02 Å². The van der Waals surface area contributed by atoms with Gasteiger partial charge in [0.2, 0.25) is 11.8 Å². The number of hydrogen-bond donors (Lipinski definition) is 1. The van der Waals surface area contributed by atoms with Crippen molar-refractivity contribution in [1.82, 2.24) is 0 Å². The molecule has 112 valence electrons. The van der Waals surface area contributed by atoms with E-state index in [1.54, 1.807) is 0 Å². The summed E-state index contributed by atoms with van der Waals surface area (Å²) in [5, 5.41) is 9.29. The predicted molar refractivity (Wildman–Crippen MR) is 78.6 cm³/mol. The molecular formula is C16H12ClNO4. The topological polar surface area (TPSA) is 74.7 Å². The molecule has 1 N–H and O–H groups in total. The van der Waals surface area contributed by atoms with Crippen LogP contribution in [0, 0.1) is 23.7 Å². The fourth-order valence-corrected chi connectivity index (χ4v) is 4.16. The van der Waals surface area contributed by atoms with Crippen molar-refractivity contribution in [3.8, 4) is 0 Å². The number of carboxylic acids is 1. The minimum absolute atomic E-state index is 0.00171. The number of fused-ring (bicyclic) bond motifs is 5. The first-order valence-corrected chi connectivity index (χ1v) is 7.46. The quantitative estimate of drug-likeness (QED) is 0.671. The lowest BCUT2D eigenvalue weighted by molar-refractivity contribution is -0.123. The Hall–Kier alpha value is -2.14. The molecule has 2 bridgehead atoms. The number of carbonyl (C=O) groups excluding carboxylic acids is 2. The van der Waals surface area contributed by atoms with Gasteiger partial charge in [-0.25, -0.2) is 9.69 Å². The summed E-state index contributed by atoms with van der Waals surface area (Å²) in [6.45, 7) is 0. The summed E-state index contributed by atoms with van der Waals surface area (Å²) in [4.78, 5) is 37.6. The number of carboxylic acid groups (broad SMARTS) is 1. The van der Waals surface area contributed by atoms with Gasteiger partial charge in [0.1, 0.15) is 0 Å². The zero-order valence-electron chi connectivity index (χ0n) is 11.4. The zero-order chi connectivity index (χ0) is 15.6. The largest absolute Gasteiger partial charge is 0.478 e. The van der Waals surface area contributed by atoms with Gasteiger partial charge in [0.05, 0.1) is 28.1 Å². The minimum Gasteiger partial charge on any atom is -0.478 e. The van der Waals surface area contributed by atoms with Crippen LogP contribution in [0.25, 0.3) is 0 Å². The second-order valence-electron chi connectivity index (χ2n) is 5.98. The average molecular weight is 318 g/mol. The number of amides is 2. The van der Waals surface area contributed by atoms with Crippen LogP contribution in [0.3, 0.4) is 0 Å². The van der Waals surface area contributed by atoms with Gasteiger partial charge < -0.3 is 5.11 Å². The number of allylic oxidation sites excluding steroid dienone is 2. The van der Waals surface area contributed by atoms with Crippen molar-refractivity contribution in [1.29, 1.82) is 0 Å². The van der Waals surface area contributed by atoms with Crippen LogP contribution < -0.4 is 4.90 Å². The highest BCUT2D eigenvalue weighted by molar-refractivity contribution is 6.36. The number of benzene rings is 1. The Bertz CT molecular complexity index is 727. The van der Waals surface area contributed by atoms with E-state index in [1.807, 2.05) is 12.2 Å². The molecule has 6 heteroatoms. The van der Waals surface area contributed by atoms with Crippen molar-refractivity contribution in [2.24, 2.45) is 23.7 Å². The summed E-state index contributed by atoms with van der Waals surface area (Å²) in [6, 6.07) is 4.05. The van der Waals surface area contributed by atoms with Crippen molar-refractivity contribution in [2.45, 2.75) is 6.42 Å². The molecule has 0 spiro atoms. The van der Waals surface area contributed by atoms with Crippen molar-refractivity contribution in [3.05, 3.63) is 40.9 Å². The maximum absolute atomic E-state index is 12.7. The molecule has 0 unspecified atom stereocenters. The Balaban J connectivity index is 1.79. The zero-order valence-corrected chi connectivity index (χ0v) is 12.2. The van der Waals surface area contributed by atoms with Gasteiger partial charge in [0, 0.05) is 0 Å².